The number of alkyl halides is 5. The molecular weight excluding hydrogens is 311 g/mol. The number of hydrogen-bond acceptors (Lipinski definition) is 3. The summed E-state index contributed by atoms with van der Waals surface area (Å²) in [4.78, 5) is 1.66. The lowest BCUT2D eigenvalue weighted by molar-refractivity contribution is -0.0328. The molecule has 21 heavy (non-hydrogen) atoms. The van der Waals surface area contributed by atoms with Gasteiger partial charge in [0.05, 0.1) is 6.04 Å². The highest BCUT2D eigenvalue weighted by Crippen LogP contribution is 2.37. The Morgan fingerprint density at radius 2 is 1.62 bits per heavy atom. The molecule has 0 saturated carbocycles. The van der Waals surface area contributed by atoms with Crippen molar-refractivity contribution in [1.29, 1.82) is 0 Å². The van der Waals surface area contributed by atoms with Crippen molar-refractivity contribution in [1.82, 2.24) is 10.2 Å². The molecular formula is C13H15F5N2S. The molecule has 1 N–H and O–H groups in total. The van der Waals surface area contributed by atoms with Gasteiger partial charge in [0.2, 0.25) is 0 Å². The number of rotatable bonds is 4. The van der Waals surface area contributed by atoms with E-state index in [4.69, 9.17) is 0 Å². The molecule has 0 spiro atoms. The number of benzene rings is 1. The van der Waals surface area contributed by atoms with E-state index in [0.29, 0.717) is 31.7 Å². The van der Waals surface area contributed by atoms with Crippen LogP contribution >= 0.6 is 11.8 Å². The molecule has 0 bridgehead atoms. The Bertz CT molecular complexity index is 443. The van der Waals surface area contributed by atoms with Crippen molar-refractivity contribution in [3.05, 3.63) is 29.8 Å². The summed E-state index contributed by atoms with van der Waals surface area (Å²) in [5.74, 6) is 0. The van der Waals surface area contributed by atoms with Crippen LogP contribution in [-0.4, -0.2) is 43.0 Å². The molecule has 1 fully saturated rings. The topological polar surface area (TPSA) is 15.3 Å². The fraction of sp³-hybridized carbons (Fsp3) is 0.538. The second-order valence-corrected chi connectivity index (χ2v) is 5.82. The van der Waals surface area contributed by atoms with Crippen LogP contribution in [0.5, 0.6) is 0 Å². The number of nitrogens with zero attached hydrogens (tertiary/aromatic N) is 1. The Morgan fingerprint density at radius 1 is 1.05 bits per heavy atom. The van der Waals surface area contributed by atoms with Crippen molar-refractivity contribution in [2.24, 2.45) is 0 Å². The van der Waals surface area contributed by atoms with Gasteiger partial charge in [-0.1, -0.05) is 12.1 Å². The van der Waals surface area contributed by atoms with Gasteiger partial charge >= 0.3 is 5.51 Å². The third-order valence-electron chi connectivity index (χ3n) is 3.24. The average Bonchev–Trinajstić information content (AvgIpc) is 2.40. The second-order valence-electron chi connectivity index (χ2n) is 4.68. The molecule has 2 rings (SSSR count). The standard InChI is InChI=1S/C13H15F5N2S/c14-12(15)11(20-7-5-19-6-8-20)9-1-3-10(4-2-9)21-13(16,17)18/h1-4,11-12,19H,5-8H2/t11-/m1/s1. The maximum Gasteiger partial charge on any atom is 0.446 e. The molecule has 1 heterocycles. The van der Waals surface area contributed by atoms with Gasteiger partial charge in [-0.2, -0.15) is 13.2 Å². The van der Waals surface area contributed by atoms with Crippen LogP contribution in [0.1, 0.15) is 11.6 Å². The van der Waals surface area contributed by atoms with E-state index in [1.807, 2.05) is 0 Å². The zero-order valence-electron chi connectivity index (χ0n) is 11.0. The molecule has 0 radical (unpaired) electrons. The molecule has 1 aliphatic rings. The zero-order valence-corrected chi connectivity index (χ0v) is 11.9. The Labute approximate surface area is 123 Å². The van der Waals surface area contributed by atoms with E-state index >= 15 is 0 Å². The molecule has 0 amide bonds. The van der Waals surface area contributed by atoms with E-state index in [1.165, 1.54) is 24.3 Å². The van der Waals surface area contributed by atoms with Gasteiger partial charge in [0.15, 0.2) is 0 Å². The highest BCUT2D eigenvalue weighted by atomic mass is 32.2. The molecule has 8 heteroatoms. The van der Waals surface area contributed by atoms with Crippen LogP contribution in [0.3, 0.4) is 0 Å². The maximum atomic E-state index is 13.3. The summed E-state index contributed by atoms with van der Waals surface area (Å²) in [5.41, 5.74) is -4.03. The van der Waals surface area contributed by atoms with Gasteiger partial charge in [0, 0.05) is 31.1 Å². The Hall–Kier alpha value is -0.860. The summed E-state index contributed by atoms with van der Waals surface area (Å²) >= 11 is -0.246. The van der Waals surface area contributed by atoms with Gasteiger partial charge in [-0.05, 0) is 29.5 Å². The zero-order chi connectivity index (χ0) is 15.5. The summed E-state index contributed by atoms with van der Waals surface area (Å²) in [6, 6.07) is 4.12. The van der Waals surface area contributed by atoms with Crippen LogP contribution in [0.2, 0.25) is 0 Å². The first kappa shape index (κ1) is 16.5. The molecule has 1 aromatic carbocycles. The first-order chi connectivity index (χ1) is 9.87. The summed E-state index contributed by atoms with van der Waals surface area (Å²) in [6.07, 6.45) is -2.58. The van der Waals surface area contributed by atoms with Gasteiger partial charge in [-0.25, -0.2) is 8.78 Å². The van der Waals surface area contributed by atoms with Gasteiger partial charge in [-0.3, -0.25) is 4.90 Å². The summed E-state index contributed by atoms with van der Waals surface area (Å²) in [5, 5.41) is 3.08. The van der Waals surface area contributed by atoms with Gasteiger partial charge < -0.3 is 5.32 Å². The first-order valence-corrected chi connectivity index (χ1v) is 7.27. The van der Waals surface area contributed by atoms with Crippen LogP contribution in [0.25, 0.3) is 0 Å². The van der Waals surface area contributed by atoms with E-state index in [9.17, 15) is 22.0 Å². The van der Waals surface area contributed by atoms with E-state index in [0.717, 1.165) is 0 Å². The number of halogens is 5. The fourth-order valence-corrected chi connectivity index (χ4v) is 2.88. The summed E-state index contributed by atoms with van der Waals surface area (Å²) in [6.45, 7) is 2.25. The van der Waals surface area contributed by atoms with Crippen molar-refractivity contribution in [3.63, 3.8) is 0 Å². The molecule has 1 aromatic rings. The minimum Gasteiger partial charge on any atom is -0.314 e. The van der Waals surface area contributed by atoms with Crippen molar-refractivity contribution >= 4 is 11.8 Å². The highest BCUT2D eigenvalue weighted by Gasteiger charge is 2.31. The minimum absolute atomic E-state index is 0.000392. The van der Waals surface area contributed by atoms with Crippen molar-refractivity contribution < 1.29 is 22.0 Å². The minimum atomic E-state index is -4.37. The fourth-order valence-electron chi connectivity index (χ4n) is 2.34. The Morgan fingerprint density at radius 3 is 2.10 bits per heavy atom. The van der Waals surface area contributed by atoms with Crippen molar-refractivity contribution in [2.75, 3.05) is 26.2 Å². The predicted octanol–water partition coefficient (Wildman–Crippen LogP) is 3.51. The lowest BCUT2D eigenvalue weighted by atomic mass is 10.1. The molecule has 2 nitrogen and oxygen atoms in total. The van der Waals surface area contributed by atoms with Crippen LogP contribution in [0.15, 0.2) is 29.2 Å². The molecule has 1 atom stereocenters. The SMILES string of the molecule is FC(F)[C@@H](c1ccc(SC(F)(F)F)cc1)N1CCNCC1. The van der Waals surface area contributed by atoms with Gasteiger partial charge in [0.1, 0.15) is 0 Å². The lowest BCUT2D eigenvalue weighted by Gasteiger charge is -2.34. The van der Waals surface area contributed by atoms with Crippen molar-refractivity contribution in [2.45, 2.75) is 22.9 Å². The quantitative estimate of drug-likeness (QED) is 0.673. The van der Waals surface area contributed by atoms with E-state index in [-0.39, 0.29) is 16.7 Å². The molecule has 1 aliphatic heterocycles. The lowest BCUT2D eigenvalue weighted by Crippen LogP contribution is -2.46. The molecule has 1 saturated heterocycles. The molecule has 0 aromatic heterocycles. The third-order valence-corrected chi connectivity index (χ3v) is 3.98. The van der Waals surface area contributed by atoms with Gasteiger partial charge in [-0.15, -0.1) is 0 Å². The average molecular weight is 326 g/mol. The van der Waals surface area contributed by atoms with E-state index < -0.39 is 18.0 Å². The van der Waals surface area contributed by atoms with Crippen LogP contribution < -0.4 is 5.32 Å². The predicted molar refractivity (Wildman–Crippen MR) is 71.5 cm³/mol. The number of hydrogen-bond donors (Lipinski definition) is 1. The van der Waals surface area contributed by atoms with Crippen molar-refractivity contribution in [3.8, 4) is 0 Å². The smallest absolute Gasteiger partial charge is 0.314 e. The second kappa shape index (κ2) is 6.93. The number of nitrogens with one attached hydrogen (secondary N) is 1. The monoisotopic (exact) mass is 326 g/mol. The number of piperazine rings is 1. The normalized spacial score (nSPS) is 19.0. The summed E-state index contributed by atoms with van der Waals surface area (Å²) in [7, 11) is 0. The number of thioether (sulfide) groups is 1. The van der Waals surface area contributed by atoms with Crippen LogP contribution in [-0.2, 0) is 0 Å². The van der Waals surface area contributed by atoms with E-state index in [2.05, 4.69) is 5.32 Å². The molecule has 0 aliphatic carbocycles. The van der Waals surface area contributed by atoms with Gasteiger partial charge in [0.25, 0.3) is 6.43 Å². The first-order valence-electron chi connectivity index (χ1n) is 6.45. The molecule has 0 unspecified atom stereocenters. The summed E-state index contributed by atoms with van der Waals surface area (Å²) < 4.78 is 63.3. The Kier molecular flexibility index (Phi) is 5.45. The molecule has 118 valence electrons. The highest BCUT2D eigenvalue weighted by molar-refractivity contribution is 8.00. The maximum absolute atomic E-state index is 13.3. The van der Waals surface area contributed by atoms with Crippen LogP contribution in [0, 0.1) is 0 Å². The Balaban J connectivity index is 2.13. The van der Waals surface area contributed by atoms with E-state index in [1.54, 1.807) is 4.90 Å². The van der Waals surface area contributed by atoms with Crippen LogP contribution in [0.4, 0.5) is 22.0 Å². The largest absolute Gasteiger partial charge is 0.446 e. The third kappa shape index (κ3) is 4.82.